The van der Waals surface area contributed by atoms with Crippen LogP contribution in [0, 0.1) is 6.92 Å². The molecule has 0 amide bonds. The van der Waals surface area contributed by atoms with Crippen molar-refractivity contribution < 1.29 is 38.3 Å². The minimum Gasteiger partial charge on any atom is -0.478 e. The fourth-order valence-electron chi connectivity index (χ4n) is 2.16. The lowest BCUT2D eigenvalue weighted by Gasteiger charge is -2.13. The molecule has 3 N–H and O–H groups in total. The third-order valence-corrected chi connectivity index (χ3v) is 3.50. The second-order valence-corrected chi connectivity index (χ2v) is 5.69. The Morgan fingerprint density at radius 1 is 1.10 bits per heavy atom. The van der Waals surface area contributed by atoms with E-state index in [4.69, 9.17) is 23.3 Å². The number of nitrogens with one attached hydrogen (secondary N) is 1. The molecule has 1 atom stereocenters. The van der Waals surface area contributed by atoms with E-state index in [0.717, 1.165) is 0 Å². The van der Waals surface area contributed by atoms with Gasteiger partial charge in [-0.25, -0.2) is 4.79 Å². The molecule has 0 saturated heterocycles. The highest BCUT2D eigenvalue weighted by molar-refractivity contribution is 5.89. The summed E-state index contributed by atoms with van der Waals surface area (Å²) in [5.41, 5.74) is -4.19. The fourth-order valence-corrected chi connectivity index (χ4v) is 2.16. The van der Waals surface area contributed by atoms with E-state index in [1.165, 1.54) is 6.92 Å². The van der Waals surface area contributed by atoms with Gasteiger partial charge in [-0.05, 0) is 60.6 Å². The largest absolute Gasteiger partial charge is 0.478 e. The summed E-state index contributed by atoms with van der Waals surface area (Å²) in [6.07, 6.45) is -7.31. The molecule has 3 aromatic carbocycles. The van der Waals surface area contributed by atoms with E-state index < -0.39 is 138 Å². The van der Waals surface area contributed by atoms with Crippen LogP contribution in [0.25, 0.3) is 11.1 Å². The molecule has 4 heteroatoms. The third-order valence-electron chi connectivity index (χ3n) is 3.50. The SMILES string of the molecule is [2H]c1c([2H])c(CC([2H])([2H])C([2H])([2H])NC[C@]([2H])(O)c2c([2H])c([2H])c([2H])c(C)c2[2H])c([2H])c(-c2c([2H])c([2H])c([2H])c(C(=O)O)c2[2H])c1[2H]. The molecule has 150 valence electrons. The van der Waals surface area contributed by atoms with E-state index in [1.54, 1.807) is 0 Å². The Balaban J connectivity index is 2.12. The highest BCUT2D eigenvalue weighted by Crippen LogP contribution is 2.22. The fraction of sp³-hybridized carbons (Fsp3) is 0.240. The van der Waals surface area contributed by atoms with Gasteiger partial charge in [0.25, 0.3) is 0 Å². The summed E-state index contributed by atoms with van der Waals surface area (Å²) in [4.78, 5) is 11.7. The maximum Gasteiger partial charge on any atom is 0.335 e. The molecule has 0 heterocycles. The van der Waals surface area contributed by atoms with Crippen molar-refractivity contribution in [1.29, 1.82) is 0 Å². The zero-order chi connectivity index (χ0) is 35.6. The van der Waals surface area contributed by atoms with Gasteiger partial charge in [-0.3, -0.25) is 0 Å². The van der Waals surface area contributed by atoms with Crippen LogP contribution in [0.5, 0.6) is 0 Å². The molecule has 0 radical (unpaired) electrons. The van der Waals surface area contributed by atoms with Crippen LogP contribution in [-0.2, 0) is 6.42 Å². The maximum absolute atomic E-state index is 11.7. The Bertz CT molecular complexity index is 1750. The van der Waals surface area contributed by atoms with Crippen molar-refractivity contribution in [1.82, 2.24) is 5.32 Å². The van der Waals surface area contributed by atoms with Crippen molar-refractivity contribution in [2.45, 2.75) is 25.8 Å². The maximum atomic E-state index is 11.7. The molecule has 0 spiro atoms. The smallest absolute Gasteiger partial charge is 0.335 e. The number of carbonyl (C=O) groups is 1. The Kier molecular flexibility index (Phi) is 2.78. The minimum atomic E-state index is -3.22. The first kappa shape index (κ1) is 8.05. The quantitative estimate of drug-likeness (QED) is 0.485. The number of carboxylic acid groups (broad SMARTS) is 1. The Morgan fingerprint density at radius 3 is 2.62 bits per heavy atom. The van der Waals surface area contributed by atoms with Gasteiger partial charge >= 0.3 is 5.97 Å². The second kappa shape index (κ2) is 10.0. The van der Waals surface area contributed by atoms with Gasteiger partial charge in [0, 0.05) is 12.0 Å². The Morgan fingerprint density at radius 2 is 1.83 bits per heavy atom. The summed E-state index contributed by atoms with van der Waals surface area (Å²) in [6, 6.07) is -10.3. The monoisotopic (exact) mass is 406 g/mol. The normalized spacial score (nSPS) is 22.3. The Labute approximate surface area is 195 Å². The summed E-state index contributed by atoms with van der Waals surface area (Å²) < 4.78 is 140. The van der Waals surface area contributed by atoms with Gasteiger partial charge in [-0.15, -0.1) is 0 Å². The molecule has 0 saturated carbocycles. The number of aliphatic hydroxyl groups is 1. The first-order chi connectivity index (χ1) is 20.8. The first-order valence-corrected chi connectivity index (χ1v) is 8.32. The zero-order valence-corrected chi connectivity index (χ0v) is 15.2. The lowest BCUT2D eigenvalue weighted by atomic mass is 9.99. The molecule has 3 aromatic rings. The van der Waals surface area contributed by atoms with E-state index in [9.17, 15) is 15.0 Å². The zero-order valence-electron chi connectivity index (χ0n) is 32.2. The third kappa shape index (κ3) is 6.01. The van der Waals surface area contributed by atoms with Crippen molar-refractivity contribution in [3.8, 4) is 11.1 Å². The number of carboxylic acids is 1. The molecule has 0 aromatic heterocycles. The standard InChI is InChI=1S/C25H27NO3/c1-18-6-2-11-22(14-18)24(27)17-26-13-5-8-19-7-3-9-20(15-19)21-10-4-12-23(16-21)25(28)29/h2-4,6-7,9-12,14-16,24,26-27H,5,8,13,17H2,1H3,(H,28,29)/t24-/m0/s1/i2D,3D,4D,5D2,6D,7D,9D,10D,11D,12D,13D2,14D,15D,16D,24D. The van der Waals surface area contributed by atoms with E-state index in [0.29, 0.717) is 0 Å². The lowest BCUT2D eigenvalue weighted by Crippen LogP contribution is -2.22. The van der Waals surface area contributed by atoms with Crippen LogP contribution in [0.1, 0.15) is 62.8 Å². The molecule has 0 unspecified atom stereocenters. The average molecular weight is 407 g/mol. The highest BCUT2D eigenvalue weighted by atomic mass is 16.4. The molecule has 0 aliphatic heterocycles. The number of hydrogen-bond acceptors (Lipinski definition) is 3. The van der Waals surface area contributed by atoms with Crippen LogP contribution in [0.15, 0.2) is 72.5 Å². The van der Waals surface area contributed by atoms with Crippen LogP contribution in [0.2, 0.25) is 0 Å². The van der Waals surface area contributed by atoms with Crippen LogP contribution >= 0.6 is 0 Å². The predicted octanol–water partition coefficient (Wildman–Crippen LogP) is 4.62. The molecular formula is C25H27NO3. The van der Waals surface area contributed by atoms with Crippen LogP contribution in [0.4, 0.5) is 0 Å². The molecule has 0 aliphatic rings. The van der Waals surface area contributed by atoms with Gasteiger partial charge in [-0.1, -0.05) is 66.0 Å². The number of aromatic carboxylic acids is 1. The van der Waals surface area contributed by atoms with E-state index in [2.05, 4.69) is 0 Å². The number of benzene rings is 3. The van der Waals surface area contributed by atoms with Crippen LogP contribution in [-0.4, -0.2) is 29.2 Å². The summed E-state index contributed by atoms with van der Waals surface area (Å²) in [5.74, 6) is -1.82. The van der Waals surface area contributed by atoms with Gasteiger partial charge in [0.05, 0.1) is 29.5 Å². The van der Waals surface area contributed by atoms with Crippen LogP contribution in [0.3, 0.4) is 0 Å². The average Bonchev–Trinajstić information content (AvgIpc) is 2.95. The highest BCUT2D eigenvalue weighted by Gasteiger charge is 2.07. The molecule has 3 rings (SSSR count). The van der Waals surface area contributed by atoms with E-state index >= 15 is 0 Å². The summed E-state index contributed by atoms with van der Waals surface area (Å²) in [5, 5.41) is 22.3. The Hall–Kier alpha value is -2.95. The predicted molar refractivity (Wildman–Crippen MR) is 116 cm³/mol. The van der Waals surface area contributed by atoms with Crippen molar-refractivity contribution in [2.24, 2.45) is 0 Å². The molecule has 0 fully saturated rings. The van der Waals surface area contributed by atoms with Gasteiger partial charge in [-0.2, -0.15) is 0 Å². The summed E-state index contributed by atoms with van der Waals surface area (Å²) in [7, 11) is 0. The summed E-state index contributed by atoms with van der Waals surface area (Å²) >= 11 is 0. The van der Waals surface area contributed by atoms with Crippen molar-refractivity contribution in [3.63, 3.8) is 0 Å². The van der Waals surface area contributed by atoms with Crippen molar-refractivity contribution in [2.75, 3.05) is 13.0 Å². The lowest BCUT2D eigenvalue weighted by molar-refractivity contribution is 0.0697. The van der Waals surface area contributed by atoms with Crippen molar-refractivity contribution >= 4 is 5.97 Å². The number of rotatable bonds is 9. The van der Waals surface area contributed by atoms with E-state index in [1.807, 2.05) is 5.32 Å². The molecular weight excluding hydrogens is 362 g/mol. The van der Waals surface area contributed by atoms with Gasteiger partial charge < -0.3 is 15.5 Å². The van der Waals surface area contributed by atoms with Gasteiger partial charge in [0.1, 0.15) is 0 Å². The second-order valence-electron chi connectivity index (χ2n) is 5.69. The van der Waals surface area contributed by atoms with Gasteiger partial charge in [0.2, 0.25) is 0 Å². The van der Waals surface area contributed by atoms with Gasteiger partial charge in [0.15, 0.2) is 0 Å². The molecule has 4 nitrogen and oxygen atoms in total. The molecule has 0 aliphatic carbocycles. The topological polar surface area (TPSA) is 69.6 Å². The molecule has 0 bridgehead atoms. The number of hydrogen-bond donors (Lipinski definition) is 3. The van der Waals surface area contributed by atoms with Crippen molar-refractivity contribution in [3.05, 3.63) is 94.8 Å². The first-order valence-electron chi connectivity index (χ1n) is 16.8. The minimum absolute atomic E-state index is 0.136. The molecule has 29 heavy (non-hydrogen) atoms. The van der Waals surface area contributed by atoms with E-state index in [-0.39, 0.29) is 5.56 Å². The van der Waals surface area contributed by atoms with Crippen LogP contribution < -0.4 is 5.32 Å². The summed E-state index contributed by atoms with van der Waals surface area (Å²) in [6.45, 7) is -3.12.